The van der Waals surface area contributed by atoms with Crippen molar-refractivity contribution in [2.45, 2.75) is 51.2 Å². The lowest BCUT2D eigenvalue weighted by Gasteiger charge is -2.39. The van der Waals surface area contributed by atoms with Gasteiger partial charge in [-0.25, -0.2) is 14.2 Å². The second-order valence-corrected chi connectivity index (χ2v) is 11.0. The number of fused-ring (bicyclic) bond motifs is 3. The van der Waals surface area contributed by atoms with Gasteiger partial charge in [-0.05, 0) is 46.7 Å². The van der Waals surface area contributed by atoms with Gasteiger partial charge in [0.2, 0.25) is 5.43 Å². The monoisotopic (exact) mass is 502 g/mol. The molecule has 13 heteroatoms. The fraction of sp³-hybridized carbons (Fsp3) is 0.571. The number of aromatic carboxylic acids is 1. The minimum atomic E-state index is -3.67. The van der Waals surface area contributed by atoms with Gasteiger partial charge in [-0.15, -0.1) is 0 Å². The molecule has 4 heterocycles. The number of likely N-dealkylation sites (N-methyl/N-ethyl adjacent to an activating group) is 1. The third-order valence-corrected chi connectivity index (χ3v) is 6.01. The van der Waals surface area contributed by atoms with Crippen LogP contribution in [0.1, 0.15) is 44.0 Å². The van der Waals surface area contributed by atoms with Crippen LogP contribution in [0.2, 0.25) is 0 Å². The van der Waals surface area contributed by atoms with Crippen molar-refractivity contribution in [2.24, 2.45) is 0 Å². The number of piperazine rings is 1. The molecule has 2 saturated heterocycles. The van der Waals surface area contributed by atoms with Crippen molar-refractivity contribution in [3.8, 4) is 0 Å². The number of aromatic nitrogens is 2. The average Bonchev–Trinajstić information content (AvgIpc) is 2.86. The van der Waals surface area contributed by atoms with Gasteiger partial charge in [0.05, 0.1) is 11.6 Å². The largest absolute Gasteiger partial charge is 0.477 e. The average molecular weight is 503 g/mol. The lowest BCUT2D eigenvalue weighted by molar-refractivity contribution is 0.0694. The zero-order chi connectivity index (χ0) is 24.9. The van der Waals surface area contributed by atoms with E-state index < -0.39 is 32.9 Å². The maximum atomic E-state index is 15.0. The van der Waals surface area contributed by atoms with Crippen LogP contribution in [0, 0.1) is 5.82 Å². The predicted molar refractivity (Wildman–Crippen MR) is 126 cm³/mol. The number of carbonyl (C=O) groups is 1. The molecular formula is C21H31FN4O7S. The number of carboxylic acids is 1. The number of pyridine rings is 2. The van der Waals surface area contributed by atoms with E-state index in [0.717, 1.165) is 18.9 Å². The van der Waals surface area contributed by atoms with Gasteiger partial charge >= 0.3 is 5.97 Å². The van der Waals surface area contributed by atoms with Crippen molar-refractivity contribution >= 4 is 32.9 Å². The van der Waals surface area contributed by atoms with E-state index in [1.807, 2.05) is 25.7 Å². The summed E-state index contributed by atoms with van der Waals surface area (Å²) in [4.78, 5) is 33.0. The maximum absolute atomic E-state index is 15.0. The summed E-state index contributed by atoms with van der Waals surface area (Å²) in [6.45, 7) is 7.06. The van der Waals surface area contributed by atoms with Crippen molar-refractivity contribution in [3.63, 3.8) is 0 Å². The molecule has 2 bridgehead atoms. The summed E-state index contributed by atoms with van der Waals surface area (Å²) < 4.78 is 42.5. The molecule has 0 radical (unpaired) electrons. The Hall–Kier alpha value is -2.61. The molecule has 0 spiro atoms. The molecule has 2 aromatic rings. The first kappa shape index (κ1) is 27.6. The summed E-state index contributed by atoms with van der Waals surface area (Å²) in [6, 6.07) is 1.89. The Morgan fingerprint density at radius 1 is 1.21 bits per heavy atom. The summed E-state index contributed by atoms with van der Waals surface area (Å²) >= 11 is 0. The second kappa shape index (κ2) is 9.56. The molecule has 2 atom stereocenters. The van der Waals surface area contributed by atoms with Crippen LogP contribution in [0.15, 0.2) is 17.1 Å². The van der Waals surface area contributed by atoms with E-state index in [4.69, 9.17) is 4.55 Å². The molecule has 2 aromatic heterocycles. The molecular weight excluding hydrogens is 471 g/mol. The molecule has 190 valence electrons. The van der Waals surface area contributed by atoms with Gasteiger partial charge in [-0.3, -0.25) is 14.2 Å². The molecule has 11 nitrogen and oxygen atoms in total. The topological polar surface area (TPSA) is 165 Å². The first-order valence-electron chi connectivity index (χ1n) is 10.5. The van der Waals surface area contributed by atoms with Gasteiger partial charge in [0, 0.05) is 36.9 Å². The summed E-state index contributed by atoms with van der Waals surface area (Å²) in [5, 5.41) is 9.39. The molecule has 0 aromatic carbocycles. The molecule has 2 unspecified atom stereocenters. The molecule has 2 aliphatic heterocycles. The molecule has 2 aliphatic rings. The van der Waals surface area contributed by atoms with Crippen molar-refractivity contribution in [1.82, 2.24) is 14.5 Å². The standard InChI is InChI=1S/C20H25FN4O3.CH4O3S.H2O/c1-20(2,3)25-10-14(19(27)28)16(26)13-7-15(21)18(22-17(13)25)24-8-11-5-6-12(9-24)23(11)4;1-5(2,3)4;/h7,10-12H,5-6,8-9H2,1-4H3,(H,27,28);1H3,(H,2,3,4);1H2. The minimum Gasteiger partial charge on any atom is -0.477 e. The number of anilines is 1. The Labute approximate surface area is 196 Å². The minimum absolute atomic E-state index is 0. The zero-order valence-corrected chi connectivity index (χ0v) is 20.6. The number of carboxylic acid groups (broad SMARTS) is 1. The van der Waals surface area contributed by atoms with Crippen LogP contribution in [0.4, 0.5) is 10.2 Å². The Kier molecular flexibility index (Phi) is 7.77. The summed E-state index contributed by atoms with van der Waals surface area (Å²) in [7, 11) is -1.56. The van der Waals surface area contributed by atoms with E-state index in [-0.39, 0.29) is 22.2 Å². The zero-order valence-electron chi connectivity index (χ0n) is 19.7. The highest BCUT2D eigenvalue weighted by Crippen LogP contribution is 2.33. The van der Waals surface area contributed by atoms with Gasteiger partial charge in [0.1, 0.15) is 11.2 Å². The van der Waals surface area contributed by atoms with Crippen molar-refractivity contribution < 1.29 is 32.7 Å². The molecule has 0 saturated carbocycles. The van der Waals surface area contributed by atoms with Gasteiger partial charge in [-0.2, -0.15) is 8.42 Å². The van der Waals surface area contributed by atoms with Crippen LogP contribution in [0.3, 0.4) is 0 Å². The molecule has 0 aliphatic carbocycles. The third kappa shape index (κ3) is 5.71. The van der Waals surface area contributed by atoms with Crippen LogP contribution >= 0.6 is 0 Å². The van der Waals surface area contributed by atoms with Crippen LogP contribution in [0.25, 0.3) is 11.0 Å². The highest BCUT2D eigenvalue weighted by molar-refractivity contribution is 7.85. The SMILES string of the molecule is CN1C2CCC1CN(c1nc3c(cc1F)c(=O)c(C(=O)O)cn3C(C)(C)C)C2.CS(=O)(=O)O.O. The highest BCUT2D eigenvalue weighted by Gasteiger charge is 2.39. The number of hydrogen-bond donors (Lipinski definition) is 2. The van der Waals surface area contributed by atoms with Gasteiger partial charge in [0.15, 0.2) is 11.6 Å². The Morgan fingerprint density at radius 2 is 1.71 bits per heavy atom. The fourth-order valence-corrected chi connectivity index (χ4v) is 4.39. The van der Waals surface area contributed by atoms with Gasteiger partial charge in [0.25, 0.3) is 10.1 Å². The van der Waals surface area contributed by atoms with Crippen LogP contribution < -0.4 is 10.3 Å². The van der Waals surface area contributed by atoms with Gasteiger partial charge < -0.3 is 20.0 Å². The number of rotatable bonds is 2. The van der Waals surface area contributed by atoms with Crippen molar-refractivity contribution in [2.75, 3.05) is 31.3 Å². The third-order valence-electron chi connectivity index (χ3n) is 6.01. The smallest absolute Gasteiger partial charge is 0.341 e. The van der Waals surface area contributed by atoms with E-state index in [2.05, 4.69) is 16.9 Å². The molecule has 0 amide bonds. The first-order chi connectivity index (χ1) is 15.1. The highest BCUT2D eigenvalue weighted by atomic mass is 32.2. The first-order valence-corrected chi connectivity index (χ1v) is 12.3. The Bertz CT molecular complexity index is 1230. The molecule has 4 N–H and O–H groups in total. The van der Waals surface area contributed by atoms with Crippen LogP contribution in [0.5, 0.6) is 0 Å². The van der Waals surface area contributed by atoms with E-state index in [9.17, 15) is 23.1 Å². The number of halogens is 1. The van der Waals surface area contributed by atoms with Crippen molar-refractivity contribution in [1.29, 1.82) is 0 Å². The summed E-state index contributed by atoms with van der Waals surface area (Å²) in [5.41, 5.74) is -1.31. The van der Waals surface area contributed by atoms with E-state index in [1.54, 1.807) is 4.57 Å². The normalized spacial score (nSPS) is 20.5. The lowest BCUT2D eigenvalue weighted by Crippen LogP contribution is -2.52. The fourth-order valence-electron chi connectivity index (χ4n) is 4.39. The lowest BCUT2D eigenvalue weighted by atomic mass is 10.1. The maximum Gasteiger partial charge on any atom is 0.341 e. The Morgan fingerprint density at radius 3 is 2.15 bits per heavy atom. The molecule has 4 rings (SSSR count). The molecule has 34 heavy (non-hydrogen) atoms. The van der Waals surface area contributed by atoms with Gasteiger partial charge in [-0.1, -0.05) is 0 Å². The predicted octanol–water partition coefficient (Wildman–Crippen LogP) is 0.951. The van der Waals surface area contributed by atoms with Crippen LogP contribution in [-0.2, 0) is 15.7 Å². The van der Waals surface area contributed by atoms with Crippen molar-refractivity contribution in [3.05, 3.63) is 33.9 Å². The molecule has 2 fully saturated rings. The number of hydrogen-bond acceptors (Lipinski definition) is 7. The summed E-state index contributed by atoms with van der Waals surface area (Å²) in [6.07, 6.45) is 4.20. The van der Waals surface area contributed by atoms with E-state index in [1.165, 1.54) is 6.20 Å². The van der Waals surface area contributed by atoms with E-state index in [0.29, 0.717) is 37.1 Å². The quantitative estimate of drug-likeness (QED) is 0.569. The van der Waals surface area contributed by atoms with Crippen LogP contribution in [-0.4, -0.2) is 82.5 Å². The van der Waals surface area contributed by atoms with E-state index >= 15 is 4.39 Å². The Balaban J connectivity index is 0.000000619. The summed E-state index contributed by atoms with van der Waals surface area (Å²) in [5.74, 6) is -1.68. The second-order valence-electron chi connectivity index (χ2n) is 9.57. The number of nitrogens with zero attached hydrogens (tertiary/aromatic N) is 4.